The van der Waals surface area contributed by atoms with Crippen molar-refractivity contribution in [3.63, 3.8) is 0 Å². The second kappa shape index (κ2) is 11.4. The van der Waals surface area contributed by atoms with E-state index < -0.39 is 4.92 Å². The van der Waals surface area contributed by atoms with Crippen molar-refractivity contribution in [2.24, 2.45) is 4.99 Å². The Morgan fingerprint density at radius 3 is 2.50 bits per heavy atom. The van der Waals surface area contributed by atoms with E-state index in [1.165, 1.54) is 40.8 Å². The molecule has 0 aliphatic heterocycles. The number of aryl methyl sites for hydroxylation is 3. The Morgan fingerprint density at radius 1 is 1.07 bits per heavy atom. The van der Waals surface area contributed by atoms with Crippen molar-refractivity contribution in [2.75, 3.05) is 5.32 Å². The molecule has 0 saturated carbocycles. The van der Waals surface area contributed by atoms with Gasteiger partial charge < -0.3 is 9.73 Å². The number of aromatic nitrogens is 1. The summed E-state index contributed by atoms with van der Waals surface area (Å²) in [6.07, 6.45) is 1.63. The Bertz CT molecular complexity index is 1730. The SMILES string of the molecule is Cc1cc(C)c(NC(=O)[C@H](C)Sc2nc3ccc(N=Cc4ccc(-c5ccc([N+](=O)[O-])cc5)o4)cc3s2)c(C)c1. The quantitative estimate of drug-likeness (QED) is 0.0870. The molecular formula is C30H26N4O4S2. The number of fused-ring (bicyclic) bond motifs is 1. The number of benzene rings is 3. The molecule has 0 spiro atoms. The number of nitro benzene ring substituents is 1. The first-order valence-electron chi connectivity index (χ1n) is 12.5. The third-order valence-electron chi connectivity index (χ3n) is 6.25. The molecule has 10 heteroatoms. The van der Waals surface area contributed by atoms with Crippen LogP contribution in [0.15, 0.2) is 80.5 Å². The highest BCUT2D eigenvalue weighted by atomic mass is 32.2. The summed E-state index contributed by atoms with van der Waals surface area (Å²) >= 11 is 2.96. The summed E-state index contributed by atoms with van der Waals surface area (Å²) in [5.41, 5.74) is 6.51. The molecule has 0 radical (unpaired) electrons. The van der Waals surface area contributed by atoms with Gasteiger partial charge >= 0.3 is 0 Å². The minimum atomic E-state index is -0.433. The predicted octanol–water partition coefficient (Wildman–Crippen LogP) is 8.26. The van der Waals surface area contributed by atoms with Gasteiger partial charge in [0.05, 0.1) is 32.3 Å². The molecule has 1 N–H and O–H groups in total. The van der Waals surface area contributed by atoms with Gasteiger partial charge in [-0.1, -0.05) is 29.5 Å². The number of hydrogen-bond acceptors (Lipinski definition) is 8. The van der Waals surface area contributed by atoms with Gasteiger partial charge in [0.25, 0.3) is 5.69 Å². The lowest BCUT2D eigenvalue weighted by Gasteiger charge is -2.15. The molecule has 3 aromatic carbocycles. The van der Waals surface area contributed by atoms with Crippen molar-refractivity contribution < 1.29 is 14.1 Å². The average molecular weight is 571 g/mol. The van der Waals surface area contributed by atoms with Crippen LogP contribution in [0, 0.1) is 30.9 Å². The van der Waals surface area contributed by atoms with E-state index in [2.05, 4.69) is 22.4 Å². The van der Waals surface area contributed by atoms with Gasteiger partial charge in [0.2, 0.25) is 5.91 Å². The molecule has 8 nitrogen and oxygen atoms in total. The van der Waals surface area contributed by atoms with Crippen molar-refractivity contribution in [1.82, 2.24) is 4.98 Å². The fourth-order valence-electron chi connectivity index (χ4n) is 4.29. The lowest BCUT2D eigenvalue weighted by molar-refractivity contribution is -0.384. The van der Waals surface area contributed by atoms with Gasteiger partial charge in [0.1, 0.15) is 11.5 Å². The number of nitrogens with one attached hydrogen (secondary N) is 1. The number of furan rings is 1. The van der Waals surface area contributed by atoms with E-state index in [1.807, 2.05) is 45.9 Å². The molecule has 1 amide bonds. The largest absolute Gasteiger partial charge is 0.455 e. The van der Waals surface area contributed by atoms with Crippen LogP contribution in [0.5, 0.6) is 0 Å². The topological polar surface area (TPSA) is 111 Å². The summed E-state index contributed by atoms with van der Waals surface area (Å²) in [5.74, 6) is 1.10. The van der Waals surface area contributed by atoms with Crippen molar-refractivity contribution in [2.45, 2.75) is 37.3 Å². The van der Waals surface area contributed by atoms with Gasteiger partial charge in [-0.25, -0.2) is 4.98 Å². The minimum absolute atomic E-state index is 0.0299. The zero-order valence-corrected chi connectivity index (χ0v) is 23.9. The van der Waals surface area contributed by atoms with Gasteiger partial charge in [-0.3, -0.25) is 19.9 Å². The molecule has 0 aliphatic rings. The van der Waals surface area contributed by atoms with E-state index in [0.29, 0.717) is 11.5 Å². The molecule has 1 atom stereocenters. The number of non-ortho nitro benzene ring substituents is 1. The molecule has 0 saturated heterocycles. The number of rotatable bonds is 8. The third kappa shape index (κ3) is 6.13. The van der Waals surface area contributed by atoms with Crippen LogP contribution in [0.1, 0.15) is 29.4 Å². The highest BCUT2D eigenvalue weighted by Gasteiger charge is 2.19. The third-order valence-corrected chi connectivity index (χ3v) is 8.47. The number of nitro groups is 1. The zero-order valence-electron chi connectivity index (χ0n) is 22.3. The maximum absolute atomic E-state index is 12.9. The standard InChI is InChI=1S/C30H26N4O4S2/c1-17-13-18(2)28(19(3)14-17)33-29(35)20(4)39-30-32-25-11-7-22(15-27(25)40-30)31-16-24-10-12-26(38-24)21-5-8-23(9-6-21)34(36)37/h5-16,20H,1-4H3,(H,33,35)/t20-/m0/s1. The van der Waals surface area contributed by atoms with Crippen LogP contribution in [0.2, 0.25) is 0 Å². The average Bonchev–Trinajstić information content (AvgIpc) is 3.55. The lowest BCUT2D eigenvalue weighted by Crippen LogP contribution is -2.23. The number of thioether (sulfide) groups is 1. The molecule has 0 fully saturated rings. The Labute approximate surface area is 239 Å². The van der Waals surface area contributed by atoms with Crippen molar-refractivity contribution in [3.05, 3.63) is 99.3 Å². The number of hydrogen-bond donors (Lipinski definition) is 1. The monoisotopic (exact) mass is 570 g/mol. The van der Waals surface area contributed by atoms with Crippen LogP contribution < -0.4 is 5.32 Å². The maximum atomic E-state index is 12.9. The van der Waals surface area contributed by atoms with Crippen molar-refractivity contribution in [3.8, 4) is 11.3 Å². The molecule has 0 aliphatic carbocycles. The first-order valence-corrected chi connectivity index (χ1v) is 14.2. The molecule has 2 aromatic heterocycles. The second-order valence-corrected chi connectivity index (χ2v) is 12.0. The second-order valence-electron chi connectivity index (χ2n) is 9.42. The fourth-order valence-corrected chi connectivity index (χ4v) is 6.54. The number of carbonyl (C=O) groups is 1. The minimum Gasteiger partial charge on any atom is -0.455 e. The van der Waals surface area contributed by atoms with Gasteiger partial charge in [-0.05, 0) is 81.3 Å². The van der Waals surface area contributed by atoms with Gasteiger partial charge in [0, 0.05) is 23.4 Å². The normalized spacial score (nSPS) is 12.2. The Kier molecular flexibility index (Phi) is 7.81. The number of anilines is 1. The Morgan fingerprint density at radius 2 is 1.80 bits per heavy atom. The number of aliphatic imine (C=N–C) groups is 1. The van der Waals surface area contributed by atoms with E-state index >= 15 is 0 Å². The molecule has 0 unspecified atom stereocenters. The summed E-state index contributed by atoms with van der Waals surface area (Å²) in [4.78, 5) is 32.6. The maximum Gasteiger partial charge on any atom is 0.269 e. The molecule has 5 aromatic rings. The molecule has 5 rings (SSSR count). The Hall–Kier alpha value is -4.28. The first kappa shape index (κ1) is 27.3. The predicted molar refractivity (Wildman–Crippen MR) is 162 cm³/mol. The van der Waals surface area contributed by atoms with Gasteiger partial charge in [-0.2, -0.15) is 0 Å². The van der Waals surface area contributed by atoms with Crippen LogP contribution in [0.25, 0.3) is 21.5 Å². The summed E-state index contributed by atoms with van der Waals surface area (Å²) < 4.78 is 7.63. The molecule has 40 heavy (non-hydrogen) atoms. The number of carbonyl (C=O) groups excluding carboxylic acids is 1. The van der Waals surface area contributed by atoms with Crippen molar-refractivity contribution >= 4 is 62.5 Å². The summed E-state index contributed by atoms with van der Waals surface area (Å²) in [6.45, 7) is 7.94. The Balaban J connectivity index is 1.24. The highest BCUT2D eigenvalue weighted by molar-refractivity contribution is 8.02. The van der Waals surface area contributed by atoms with E-state index in [-0.39, 0.29) is 16.8 Å². The van der Waals surface area contributed by atoms with Crippen LogP contribution >= 0.6 is 23.1 Å². The van der Waals surface area contributed by atoms with Crippen LogP contribution in [-0.4, -0.2) is 27.3 Å². The molecule has 2 heterocycles. The number of nitrogens with zero attached hydrogens (tertiary/aromatic N) is 3. The molecular weight excluding hydrogens is 544 g/mol. The summed E-state index contributed by atoms with van der Waals surface area (Å²) in [6, 6.07) is 19.7. The van der Waals surface area contributed by atoms with E-state index in [9.17, 15) is 14.9 Å². The lowest BCUT2D eigenvalue weighted by atomic mass is 10.1. The number of amides is 1. The first-order chi connectivity index (χ1) is 19.2. The highest BCUT2D eigenvalue weighted by Crippen LogP contribution is 2.35. The summed E-state index contributed by atoms with van der Waals surface area (Å²) in [5, 5.41) is 13.6. The van der Waals surface area contributed by atoms with Crippen LogP contribution in [0.3, 0.4) is 0 Å². The van der Waals surface area contributed by atoms with Gasteiger partial charge in [-0.15, -0.1) is 11.3 Å². The molecule has 202 valence electrons. The van der Waals surface area contributed by atoms with Crippen molar-refractivity contribution in [1.29, 1.82) is 0 Å². The van der Waals surface area contributed by atoms with Gasteiger partial charge in [0.15, 0.2) is 4.34 Å². The van der Waals surface area contributed by atoms with E-state index in [4.69, 9.17) is 9.40 Å². The zero-order chi connectivity index (χ0) is 28.4. The summed E-state index contributed by atoms with van der Waals surface area (Å²) in [7, 11) is 0. The van der Waals surface area contributed by atoms with E-state index in [1.54, 1.807) is 30.5 Å². The molecule has 0 bridgehead atoms. The fraction of sp³-hybridized carbons (Fsp3) is 0.167. The number of thiazole rings is 1. The smallest absolute Gasteiger partial charge is 0.269 e. The van der Waals surface area contributed by atoms with E-state index in [0.717, 1.165) is 42.6 Å². The van der Waals surface area contributed by atoms with Crippen LogP contribution in [-0.2, 0) is 4.79 Å². The van der Waals surface area contributed by atoms with Crippen LogP contribution in [0.4, 0.5) is 17.1 Å².